The summed E-state index contributed by atoms with van der Waals surface area (Å²) < 4.78 is 25.7. The number of aryl methyl sites for hydroxylation is 1. The fraction of sp³-hybridized carbons (Fsp3) is 0.375. The van der Waals surface area contributed by atoms with Crippen molar-refractivity contribution in [1.82, 2.24) is 15.1 Å². The van der Waals surface area contributed by atoms with Gasteiger partial charge in [-0.05, 0) is 60.0 Å². The molecule has 2 aliphatic heterocycles. The van der Waals surface area contributed by atoms with Gasteiger partial charge >= 0.3 is 0 Å². The van der Waals surface area contributed by atoms with Crippen LogP contribution in [-0.2, 0) is 16.1 Å². The Labute approximate surface area is 239 Å². The van der Waals surface area contributed by atoms with Crippen LogP contribution in [0.3, 0.4) is 0 Å². The molecule has 1 aromatic heterocycles. The number of H-pyrrole nitrogens is 1. The van der Waals surface area contributed by atoms with Crippen LogP contribution in [0.15, 0.2) is 54.6 Å². The van der Waals surface area contributed by atoms with Crippen LogP contribution in [0.5, 0.6) is 5.75 Å². The normalized spacial score (nSPS) is 16.7. The number of piperazine rings is 1. The number of nitrogens with one attached hydrogen (secondary N) is 2. The van der Waals surface area contributed by atoms with E-state index in [4.69, 9.17) is 9.47 Å². The highest BCUT2D eigenvalue weighted by atomic mass is 19.1. The molecule has 41 heavy (non-hydrogen) atoms. The van der Waals surface area contributed by atoms with Crippen LogP contribution in [0.1, 0.15) is 31.0 Å². The molecular weight excluding hydrogens is 521 g/mol. The Balaban J connectivity index is 1.28. The summed E-state index contributed by atoms with van der Waals surface area (Å²) in [6.45, 7) is 8.93. The number of hydrogen-bond acceptors (Lipinski definition) is 6. The molecule has 0 aliphatic carbocycles. The van der Waals surface area contributed by atoms with Crippen molar-refractivity contribution in [1.29, 1.82) is 0 Å². The Morgan fingerprint density at radius 1 is 1.07 bits per heavy atom. The highest BCUT2D eigenvalue weighted by molar-refractivity contribution is 5.95. The molecule has 2 aliphatic rings. The highest BCUT2D eigenvalue weighted by Crippen LogP contribution is 2.38. The van der Waals surface area contributed by atoms with Crippen molar-refractivity contribution in [3.63, 3.8) is 0 Å². The van der Waals surface area contributed by atoms with E-state index in [1.165, 1.54) is 13.0 Å². The monoisotopic (exact) mass is 557 g/mol. The van der Waals surface area contributed by atoms with Crippen molar-refractivity contribution in [2.24, 2.45) is 0 Å². The molecule has 1 amide bonds. The van der Waals surface area contributed by atoms with Gasteiger partial charge in [-0.1, -0.05) is 18.2 Å². The molecule has 0 bridgehead atoms. The van der Waals surface area contributed by atoms with Crippen molar-refractivity contribution >= 4 is 28.2 Å². The Kier molecular flexibility index (Phi) is 7.89. The molecule has 3 heterocycles. The maximum atomic E-state index is 13.7. The fourth-order valence-electron chi connectivity index (χ4n) is 5.81. The third-order valence-corrected chi connectivity index (χ3v) is 7.91. The van der Waals surface area contributed by atoms with Gasteiger partial charge in [-0.2, -0.15) is 5.10 Å². The van der Waals surface area contributed by atoms with Gasteiger partial charge in [0, 0.05) is 58.2 Å². The van der Waals surface area contributed by atoms with Gasteiger partial charge in [0.25, 0.3) is 0 Å². The Hall–Kier alpha value is -3.95. The Morgan fingerprint density at radius 3 is 2.63 bits per heavy atom. The third-order valence-electron chi connectivity index (χ3n) is 7.91. The summed E-state index contributed by atoms with van der Waals surface area (Å²) in [5, 5.41) is 11.7. The van der Waals surface area contributed by atoms with Crippen molar-refractivity contribution in [3.05, 3.63) is 71.7 Å². The number of carbonyl (C=O) groups excluding carboxylic acids is 1. The summed E-state index contributed by atoms with van der Waals surface area (Å²) in [5.74, 6) is 0.515. The largest absolute Gasteiger partial charge is 0.489 e. The first-order chi connectivity index (χ1) is 19.9. The first kappa shape index (κ1) is 27.2. The number of hydrogen-bond donors (Lipinski definition) is 2. The van der Waals surface area contributed by atoms with Crippen LogP contribution in [-0.4, -0.2) is 66.5 Å². The van der Waals surface area contributed by atoms with Crippen molar-refractivity contribution in [3.8, 4) is 16.9 Å². The molecule has 6 rings (SSSR count). The number of nitrogens with zero attached hydrogens (tertiary/aromatic N) is 3. The number of aromatic amines is 1. The van der Waals surface area contributed by atoms with E-state index in [-0.39, 0.29) is 17.8 Å². The minimum atomic E-state index is -0.206. The van der Waals surface area contributed by atoms with E-state index in [2.05, 4.69) is 43.5 Å². The van der Waals surface area contributed by atoms with Crippen molar-refractivity contribution in [2.75, 3.05) is 49.6 Å². The second kappa shape index (κ2) is 11.9. The molecule has 2 saturated heterocycles. The van der Waals surface area contributed by atoms with Gasteiger partial charge in [-0.3, -0.25) is 14.8 Å². The van der Waals surface area contributed by atoms with Gasteiger partial charge in [0.05, 0.1) is 35.5 Å². The number of halogens is 1. The molecule has 0 spiro atoms. The number of anilines is 2. The van der Waals surface area contributed by atoms with Gasteiger partial charge < -0.3 is 19.7 Å². The minimum Gasteiger partial charge on any atom is -0.489 e. The average molecular weight is 558 g/mol. The van der Waals surface area contributed by atoms with Crippen molar-refractivity contribution < 1.29 is 18.7 Å². The highest BCUT2D eigenvalue weighted by Gasteiger charge is 2.22. The molecular formula is C32H36FN5O3. The number of carbonyl (C=O) groups is 1. The molecule has 2 N–H and O–H groups in total. The van der Waals surface area contributed by atoms with Crippen LogP contribution < -0.4 is 15.0 Å². The SMILES string of the molecule is CC(=O)Nc1ccc(-c2cc(OC3CCOCC3)c3c(C)[nH]nc3c2)cc1N1CCN(Cc2cccc(F)c2)CC1. The predicted molar refractivity (Wildman–Crippen MR) is 159 cm³/mol. The molecule has 8 nitrogen and oxygen atoms in total. The quantitative estimate of drug-likeness (QED) is 0.312. The zero-order valence-corrected chi connectivity index (χ0v) is 23.6. The van der Waals surface area contributed by atoms with Gasteiger partial charge in [-0.15, -0.1) is 0 Å². The summed E-state index contributed by atoms with van der Waals surface area (Å²) in [6, 6.07) is 17.1. The first-order valence-electron chi connectivity index (χ1n) is 14.3. The first-order valence-corrected chi connectivity index (χ1v) is 14.3. The Bertz CT molecular complexity index is 1540. The van der Waals surface area contributed by atoms with Gasteiger partial charge in [-0.25, -0.2) is 4.39 Å². The summed E-state index contributed by atoms with van der Waals surface area (Å²) in [7, 11) is 0. The molecule has 2 fully saturated rings. The molecule has 3 aromatic carbocycles. The maximum Gasteiger partial charge on any atom is 0.221 e. The molecule has 0 saturated carbocycles. The number of fused-ring (bicyclic) bond motifs is 1. The van der Waals surface area contributed by atoms with Crippen LogP contribution in [0, 0.1) is 12.7 Å². The summed E-state index contributed by atoms with van der Waals surface area (Å²) in [6.07, 6.45) is 1.84. The second-order valence-electron chi connectivity index (χ2n) is 11.0. The number of aromatic nitrogens is 2. The van der Waals surface area contributed by atoms with Crippen LogP contribution in [0.25, 0.3) is 22.0 Å². The van der Waals surface area contributed by atoms with Crippen LogP contribution in [0.2, 0.25) is 0 Å². The summed E-state index contributed by atoms with van der Waals surface area (Å²) in [4.78, 5) is 16.7. The van der Waals surface area contributed by atoms with E-state index in [9.17, 15) is 9.18 Å². The van der Waals surface area contributed by atoms with Crippen LogP contribution in [0.4, 0.5) is 15.8 Å². The lowest BCUT2D eigenvalue weighted by Gasteiger charge is -2.37. The molecule has 0 unspecified atom stereocenters. The van der Waals surface area contributed by atoms with E-state index >= 15 is 0 Å². The molecule has 9 heteroatoms. The smallest absolute Gasteiger partial charge is 0.221 e. The zero-order chi connectivity index (χ0) is 28.3. The van der Waals surface area contributed by atoms with E-state index in [1.54, 1.807) is 12.1 Å². The number of amides is 1. The maximum absolute atomic E-state index is 13.7. The molecule has 4 aromatic rings. The zero-order valence-electron chi connectivity index (χ0n) is 23.6. The molecule has 214 valence electrons. The third kappa shape index (κ3) is 6.21. The average Bonchev–Trinajstić information content (AvgIpc) is 3.35. The predicted octanol–water partition coefficient (Wildman–Crippen LogP) is 5.52. The number of ether oxygens (including phenoxy) is 2. The van der Waals surface area contributed by atoms with Crippen LogP contribution >= 0.6 is 0 Å². The lowest BCUT2D eigenvalue weighted by atomic mass is 10.0. The number of benzene rings is 3. The molecule has 0 atom stereocenters. The van der Waals surface area contributed by atoms with Gasteiger partial charge in [0.15, 0.2) is 0 Å². The summed E-state index contributed by atoms with van der Waals surface area (Å²) in [5.41, 5.74) is 6.61. The molecule has 0 radical (unpaired) electrons. The standard InChI is InChI=1S/C32H36FN5O3/c1-21-32-29(36-35-21)17-25(19-31(32)41-27-8-14-40-15-9-27)24-6-7-28(34-22(2)39)30(18-24)38-12-10-37(11-13-38)20-23-4-3-5-26(33)16-23/h3-7,16-19,27H,8-15,20H2,1-2H3,(H,34,39)(H,35,36). The van der Waals surface area contributed by atoms with E-state index < -0.39 is 0 Å². The van der Waals surface area contributed by atoms with Gasteiger partial charge in [0.2, 0.25) is 5.91 Å². The number of rotatable bonds is 7. The second-order valence-corrected chi connectivity index (χ2v) is 11.0. The topological polar surface area (TPSA) is 82.7 Å². The van der Waals surface area contributed by atoms with Gasteiger partial charge in [0.1, 0.15) is 17.7 Å². The lowest BCUT2D eigenvalue weighted by Crippen LogP contribution is -2.46. The van der Waals surface area contributed by atoms with Crippen molar-refractivity contribution in [2.45, 2.75) is 39.3 Å². The summed E-state index contributed by atoms with van der Waals surface area (Å²) >= 11 is 0. The van der Waals surface area contributed by atoms with E-state index in [0.29, 0.717) is 19.8 Å². The fourth-order valence-corrected chi connectivity index (χ4v) is 5.81. The Morgan fingerprint density at radius 2 is 1.88 bits per heavy atom. The van der Waals surface area contributed by atoms with E-state index in [0.717, 1.165) is 89.4 Å². The lowest BCUT2D eigenvalue weighted by molar-refractivity contribution is -0.114. The minimum absolute atomic E-state index is 0.107. The van der Waals surface area contributed by atoms with E-state index in [1.807, 2.05) is 25.1 Å².